The third kappa shape index (κ3) is 2.74. The van der Waals surface area contributed by atoms with Crippen molar-refractivity contribution >= 4 is 16.5 Å². The molecule has 0 fully saturated rings. The van der Waals surface area contributed by atoms with Gasteiger partial charge in [0.15, 0.2) is 11.5 Å². The molecular weight excluding hydrogens is 264 g/mol. The van der Waals surface area contributed by atoms with Crippen LogP contribution in [0.25, 0.3) is 10.8 Å². The molecule has 0 amide bonds. The maximum atomic E-state index is 9.61. The number of aromatic nitrogens is 1. The van der Waals surface area contributed by atoms with Gasteiger partial charge in [0.25, 0.3) is 0 Å². The summed E-state index contributed by atoms with van der Waals surface area (Å²) in [5, 5.41) is 15.3. The summed E-state index contributed by atoms with van der Waals surface area (Å²) in [6, 6.07) is 13.4. The van der Waals surface area contributed by atoms with E-state index in [1.54, 1.807) is 19.4 Å². The van der Waals surface area contributed by atoms with Crippen molar-refractivity contribution in [3.63, 3.8) is 0 Å². The number of fused-ring (bicyclic) bond motifs is 1. The molecule has 3 aromatic rings. The fourth-order valence-corrected chi connectivity index (χ4v) is 2.31. The Hall–Kier alpha value is -2.75. The molecule has 0 bridgehead atoms. The molecule has 4 nitrogen and oxygen atoms in total. The van der Waals surface area contributed by atoms with Gasteiger partial charge in [-0.1, -0.05) is 18.2 Å². The van der Waals surface area contributed by atoms with E-state index in [1.165, 1.54) is 0 Å². The summed E-state index contributed by atoms with van der Waals surface area (Å²) in [5.74, 6) is 0.633. The number of pyridine rings is 1. The van der Waals surface area contributed by atoms with Crippen molar-refractivity contribution in [2.24, 2.45) is 0 Å². The summed E-state index contributed by atoms with van der Waals surface area (Å²) in [4.78, 5) is 4.13. The van der Waals surface area contributed by atoms with Crippen LogP contribution in [0.1, 0.15) is 5.56 Å². The van der Waals surface area contributed by atoms with E-state index in [2.05, 4.69) is 10.3 Å². The molecule has 0 saturated carbocycles. The monoisotopic (exact) mass is 280 g/mol. The van der Waals surface area contributed by atoms with E-state index in [-0.39, 0.29) is 5.75 Å². The van der Waals surface area contributed by atoms with Gasteiger partial charge in [-0.05, 0) is 29.8 Å². The molecule has 3 rings (SSSR count). The number of hydrogen-bond acceptors (Lipinski definition) is 4. The molecule has 2 N–H and O–H groups in total. The van der Waals surface area contributed by atoms with E-state index in [1.807, 2.05) is 42.6 Å². The van der Waals surface area contributed by atoms with Gasteiger partial charge in [-0.3, -0.25) is 4.98 Å². The number of benzene rings is 2. The number of hydrogen-bond donors (Lipinski definition) is 2. The number of phenols is 1. The standard InChI is InChI=1S/C17H16N2O2/c1-21-17-9-12(5-6-16(17)20)10-19-15-4-2-3-13-11-18-8-7-14(13)15/h2-9,11,19-20H,10H2,1H3. The van der Waals surface area contributed by atoms with E-state index in [0.29, 0.717) is 12.3 Å². The molecule has 0 aliphatic heterocycles. The van der Waals surface area contributed by atoms with Crippen LogP contribution in [0.4, 0.5) is 5.69 Å². The lowest BCUT2D eigenvalue weighted by atomic mass is 10.1. The van der Waals surface area contributed by atoms with Crippen LogP contribution in [-0.4, -0.2) is 17.2 Å². The zero-order valence-electron chi connectivity index (χ0n) is 11.7. The highest BCUT2D eigenvalue weighted by Gasteiger charge is 2.04. The van der Waals surface area contributed by atoms with Gasteiger partial charge < -0.3 is 15.2 Å². The van der Waals surface area contributed by atoms with Crippen LogP contribution >= 0.6 is 0 Å². The van der Waals surface area contributed by atoms with E-state index in [0.717, 1.165) is 22.0 Å². The summed E-state index contributed by atoms with van der Waals surface area (Å²) in [6.45, 7) is 0.651. The van der Waals surface area contributed by atoms with Crippen molar-refractivity contribution in [2.75, 3.05) is 12.4 Å². The lowest BCUT2D eigenvalue weighted by molar-refractivity contribution is 0.373. The molecule has 0 aliphatic rings. The Morgan fingerprint density at radius 3 is 2.95 bits per heavy atom. The highest BCUT2D eigenvalue weighted by Crippen LogP contribution is 2.27. The summed E-state index contributed by atoms with van der Waals surface area (Å²) in [6.07, 6.45) is 3.64. The zero-order chi connectivity index (χ0) is 14.7. The van der Waals surface area contributed by atoms with Crippen LogP contribution in [-0.2, 0) is 6.54 Å². The van der Waals surface area contributed by atoms with Gasteiger partial charge in [-0.15, -0.1) is 0 Å². The van der Waals surface area contributed by atoms with E-state index in [9.17, 15) is 5.11 Å². The first-order valence-electron chi connectivity index (χ1n) is 6.70. The average molecular weight is 280 g/mol. The second kappa shape index (κ2) is 5.71. The Labute approximate surface area is 123 Å². The number of rotatable bonds is 4. The van der Waals surface area contributed by atoms with Crippen LogP contribution in [0, 0.1) is 0 Å². The third-order valence-corrected chi connectivity index (χ3v) is 3.41. The first kappa shape index (κ1) is 13.2. The smallest absolute Gasteiger partial charge is 0.160 e. The minimum atomic E-state index is 0.150. The molecule has 1 aromatic heterocycles. The van der Waals surface area contributed by atoms with E-state index >= 15 is 0 Å². The number of phenolic OH excluding ortho intramolecular Hbond substituents is 1. The molecule has 0 radical (unpaired) electrons. The number of methoxy groups -OCH3 is 1. The van der Waals surface area contributed by atoms with Gasteiger partial charge in [0, 0.05) is 35.4 Å². The number of anilines is 1. The number of nitrogens with zero attached hydrogens (tertiary/aromatic N) is 1. The molecule has 1 heterocycles. The average Bonchev–Trinajstić information content (AvgIpc) is 2.54. The summed E-state index contributed by atoms with van der Waals surface area (Å²) in [5.41, 5.74) is 2.10. The lowest BCUT2D eigenvalue weighted by Crippen LogP contribution is -2.00. The topological polar surface area (TPSA) is 54.4 Å². The van der Waals surface area contributed by atoms with Gasteiger partial charge >= 0.3 is 0 Å². The number of ether oxygens (including phenoxy) is 1. The van der Waals surface area contributed by atoms with Crippen LogP contribution in [0.15, 0.2) is 54.9 Å². The minimum absolute atomic E-state index is 0.150. The predicted molar refractivity (Wildman–Crippen MR) is 83.7 cm³/mol. The molecule has 0 spiro atoms. The van der Waals surface area contributed by atoms with Gasteiger partial charge in [-0.25, -0.2) is 0 Å². The van der Waals surface area contributed by atoms with Crippen molar-refractivity contribution in [1.82, 2.24) is 4.98 Å². The molecule has 21 heavy (non-hydrogen) atoms. The van der Waals surface area contributed by atoms with Crippen LogP contribution in [0.3, 0.4) is 0 Å². The third-order valence-electron chi connectivity index (χ3n) is 3.41. The van der Waals surface area contributed by atoms with Crippen molar-refractivity contribution < 1.29 is 9.84 Å². The second-order valence-corrected chi connectivity index (χ2v) is 4.76. The molecule has 0 aliphatic carbocycles. The summed E-state index contributed by atoms with van der Waals surface area (Å²) < 4.78 is 5.12. The molecule has 2 aromatic carbocycles. The Balaban J connectivity index is 1.83. The first-order valence-corrected chi connectivity index (χ1v) is 6.70. The Kier molecular flexibility index (Phi) is 3.60. The molecule has 0 unspecified atom stereocenters. The summed E-state index contributed by atoms with van der Waals surface area (Å²) >= 11 is 0. The quantitative estimate of drug-likeness (QED) is 0.767. The number of nitrogens with one attached hydrogen (secondary N) is 1. The van der Waals surface area contributed by atoms with Crippen LogP contribution in [0.5, 0.6) is 11.5 Å². The SMILES string of the molecule is COc1cc(CNc2cccc3cnccc23)ccc1O. The zero-order valence-corrected chi connectivity index (χ0v) is 11.7. The van der Waals surface area contributed by atoms with Crippen LogP contribution in [0.2, 0.25) is 0 Å². The molecule has 106 valence electrons. The molecule has 0 atom stereocenters. The number of aromatic hydroxyl groups is 1. The maximum absolute atomic E-state index is 9.61. The minimum Gasteiger partial charge on any atom is -0.504 e. The Bertz CT molecular complexity index is 766. The van der Waals surface area contributed by atoms with Gasteiger partial charge in [0.2, 0.25) is 0 Å². The first-order chi connectivity index (χ1) is 10.3. The highest BCUT2D eigenvalue weighted by molar-refractivity contribution is 5.93. The van der Waals surface area contributed by atoms with Crippen molar-refractivity contribution in [3.05, 3.63) is 60.4 Å². The maximum Gasteiger partial charge on any atom is 0.160 e. The molecular formula is C17H16N2O2. The largest absolute Gasteiger partial charge is 0.504 e. The van der Waals surface area contributed by atoms with Crippen LogP contribution < -0.4 is 10.1 Å². The fourth-order valence-electron chi connectivity index (χ4n) is 2.31. The Morgan fingerprint density at radius 1 is 1.19 bits per heavy atom. The highest BCUT2D eigenvalue weighted by atomic mass is 16.5. The fraction of sp³-hybridized carbons (Fsp3) is 0.118. The second-order valence-electron chi connectivity index (χ2n) is 4.76. The lowest BCUT2D eigenvalue weighted by Gasteiger charge is -2.11. The van der Waals surface area contributed by atoms with E-state index < -0.39 is 0 Å². The van der Waals surface area contributed by atoms with Crippen molar-refractivity contribution in [1.29, 1.82) is 0 Å². The van der Waals surface area contributed by atoms with Gasteiger partial charge in [0.1, 0.15) is 0 Å². The van der Waals surface area contributed by atoms with Gasteiger partial charge in [-0.2, -0.15) is 0 Å². The normalized spacial score (nSPS) is 10.5. The van der Waals surface area contributed by atoms with Gasteiger partial charge in [0.05, 0.1) is 7.11 Å². The Morgan fingerprint density at radius 2 is 2.10 bits per heavy atom. The summed E-state index contributed by atoms with van der Waals surface area (Å²) in [7, 11) is 1.55. The van der Waals surface area contributed by atoms with E-state index in [4.69, 9.17) is 4.74 Å². The van der Waals surface area contributed by atoms with Crippen molar-refractivity contribution in [2.45, 2.75) is 6.54 Å². The molecule has 0 saturated heterocycles. The predicted octanol–water partition coefficient (Wildman–Crippen LogP) is 3.56. The van der Waals surface area contributed by atoms with Crippen molar-refractivity contribution in [3.8, 4) is 11.5 Å². The molecule has 4 heteroatoms.